The molecule has 1 unspecified atom stereocenters. The summed E-state index contributed by atoms with van der Waals surface area (Å²) < 4.78 is 2.28. The summed E-state index contributed by atoms with van der Waals surface area (Å²) in [6.07, 6.45) is 2.31. The minimum atomic E-state index is 0.493. The zero-order chi connectivity index (χ0) is 13.4. The first-order valence-electron chi connectivity index (χ1n) is 7.18. The third-order valence-electron chi connectivity index (χ3n) is 4.38. The largest absolute Gasteiger partial charge is 0.350 e. The highest BCUT2D eigenvalue weighted by Crippen LogP contribution is 2.31. The fraction of sp³-hybridized carbons (Fsp3) is 0.500. The lowest BCUT2D eigenvalue weighted by molar-refractivity contribution is 0.186. The van der Waals surface area contributed by atoms with E-state index in [2.05, 4.69) is 60.1 Å². The number of piperazine rings is 1. The molecule has 1 saturated heterocycles. The Balaban J connectivity index is 2.02. The van der Waals surface area contributed by atoms with Crippen molar-refractivity contribution in [3.8, 4) is 0 Å². The van der Waals surface area contributed by atoms with Crippen molar-refractivity contribution in [2.24, 2.45) is 7.05 Å². The number of rotatable bonds is 2. The summed E-state index contributed by atoms with van der Waals surface area (Å²) in [5.41, 5.74) is 4.20. The van der Waals surface area contributed by atoms with Gasteiger partial charge in [0.05, 0.1) is 5.52 Å². The first-order valence-corrected chi connectivity index (χ1v) is 7.18. The summed E-state index contributed by atoms with van der Waals surface area (Å²) in [4.78, 5) is 2.58. The molecule has 0 aliphatic carbocycles. The van der Waals surface area contributed by atoms with E-state index in [-0.39, 0.29) is 0 Å². The van der Waals surface area contributed by atoms with Crippen LogP contribution in [0.4, 0.5) is 0 Å². The third-order valence-corrected chi connectivity index (χ3v) is 4.38. The van der Waals surface area contributed by atoms with E-state index in [1.807, 2.05) is 0 Å². The lowest BCUT2D eigenvalue weighted by atomic mass is 10.0. The van der Waals surface area contributed by atoms with Crippen molar-refractivity contribution in [2.45, 2.75) is 19.9 Å². The number of para-hydroxylation sites is 1. The molecular weight excluding hydrogens is 234 g/mol. The summed E-state index contributed by atoms with van der Waals surface area (Å²) >= 11 is 0. The van der Waals surface area contributed by atoms with Crippen LogP contribution in [0.2, 0.25) is 0 Å². The SMILES string of the molecule is Cc1cccc2c(C(C)N3CCNCC3)cn(C)c12. The molecule has 3 heteroatoms. The standard InChI is InChI=1S/C16H23N3/c1-12-5-4-6-14-15(11-18(3)16(12)14)13(2)19-9-7-17-8-10-19/h4-6,11,13,17H,7-10H2,1-3H3. The van der Waals surface area contributed by atoms with Gasteiger partial charge in [-0.15, -0.1) is 0 Å². The van der Waals surface area contributed by atoms with Crippen LogP contribution in [-0.2, 0) is 7.05 Å². The van der Waals surface area contributed by atoms with Crippen LogP contribution in [0.5, 0.6) is 0 Å². The predicted octanol–water partition coefficient (Wildman–Crippen LogP) is 2.45. The topological polar surface area (TPSA) is 20.2 Å². The van der Waals surface area contributed by atoms with Crippen molar-refractivity contribution in [1.29, 1.82) is 0 Å². The van der Waals surface area contributed by atoms with Gasteiger partial charge in [-0.1, -0.05) is 18.2 Å². The van der Waals surface area contributed by atoms with Crippen LogP contribution >= 0.6 is 0 Å². The van der Waals surface area contributed by atoms with E-state index in [1.54, 1.807) is 0 Å². The maximum Gasteiger partial charge on any atom is 0.0510 e. The maximum atomic E-state index is 3.43. The highest BCUT2D eigenvalue weighted by Gasteiger charge is 2.21. The van der Waals surface area contributed by atoms with Gasteiger partial charge in [-0.25, -0.2) is 0 Å². The molecule has 0 amide bonds. The first kappa shape index (κ1) is 12.7. The minimum absolute atomic E-state index is 0.493. The first-order chi connectivity index (χ1) is 9.18. The summed E-state index contributed by atoms with van der Waals surface area (Å²) in [6, 6.07) is 7.12. The second kappa shape index (κ2) is 4.99. The lowest BCUT2D eigenvalue weighted by Crippen LogP contribution is -2.44. The van der Waals surface area contributed by atoms with E-state index in [4.69, 9.17) is 0 Å². The molecule has 0 spiro atoms. The Bertz CT molecular complexity index is 579. The number of hydrogen-bond donors (Lipinski definition) is 1. The molecule has 3 rings (SSSR count). The van der Waals surface area contributed by atoms with Gasteiger partial charge >= 0.3 is 0 Å². The molecule has 0 radical (unpaired) electrons. The van der Waals surface area contributed by atoms with E-state index in [0.717, 1.165) is 26.2 Å². The van der Waals surface area contributed by atoms with Crippen LogP contribution in [0.15, 0.2) is 24.4 Å². The molecule has 1 aromatic carbocycles. The van der Waals surface area contributed by atoms with Crippen molar-refractivity contribution in [3.05, 3.63) is 35.5 Å². The van der Waals surface area contributed by atoms with Crippen molar-refractivity contribution >= 4 is 10.9 Å². The Morgan fingerprint density at radius 3 is 2.68 bits per heavy atom. The molecule has 1 aromatic heterocycles. The molecule has 2 heterocycles. The Morgan fingerprint density at radius 1 is 1.21 bits per heavy atom. The van der Waals surface area contributed by atoms with Crippen molar-refractivity contribution in [2.75, 3.05) is 26.2 Å². The monoisotopic (exact) mass is 257 g/mol. The smallest absolute Gasteiger partial charge is 0.0510 e. The Hall–Kier alpha value is -1.32. The van der Waals surface area contributed by atoms with E-state index in [9.17, 15) is 0 Å². The molecule has 1 fully saturated rings. The normalized spacial score (nSPS) is 18.9. The van der Waals surface area contributed by atoms with Gasteiger partial charge in [0.15, 0.2) is 0 Å². The highest BCUT2D eigenvalue weighted by atomic mass is 15.2. The van der Waals surface area contributed by atoms with Gasteiger partial charge in [0.1, 0.15) is 0 Å². The van der Waals surface area contributed by atoms with Crippen LogP contribution in [-0.4, -0.2) is 35.6 Å². The van der Waals surface area contributed by atoms with Crippen molar-refractivity contribution < 1.29 is 0 Å². The van der Waals surface area contributed by atoms with Gasteiger partial charge in [0, 0.05) is 50.9 Å². The van der Waals surface area contributed by atoms with Crippen LogP contribution in [0.1, 0.15) is 24.1 Å². The van der Waals surface area contributed by atoms with Crippen LogP contribution < -0.4 is 5.32 Å². The summed E-state index contributed by atoms with van der Waals surface area (Å²) in [5, 5.41) is 4.84. The minimum Gasteiger partial charge on any atom is -0.350 e. The fourth-order valence-corrected chi connectivity index (χ4v) is 3.30. The molecule has 0 saturated carbocycles. The number of aromatic nitrogens is 1. The molecule has 1 aliphatic rings. The molecule has 102 valence electrons. The average Bonchev–Trinajstić information content (AvgIpc) is 2.78. The lowest BCUT2D eigenvalue weighted by Gasteiger charge is -2.32. The molecule has 1 atom stereocenters. The van der Waals surface area contributed by atoms with E-state index in [0.29, 0.717) is 6.04 Å². The summed E-state index contributed by atoms with van der Waals surface area (Å²) in [7, 11) is 2.16. The van der Waals surface area contributed by atoms with Crippen molar-refractivity contribution in [3.63, 3.8) is 0 Å². The van der Waals surface area contributed by atoms with Crippen LogP contribution in [0, 0.1) is 6.92 Å². The highest BCUT2D eigenvalue weighted by molar-refractivity contribution is 5.87. The zero-order valence-electron chi connectivity index (χ0n) is 12.1. The molecule has 0 bridgehead atoms. The number of benzene rings is 1. The van der Waals surface area contributed by atoms with E-state index < -0.39 is 0 Å². The molecular formula is C16H23N3. The van der Waals surface area contributed by atoms with E-state index >= 15 is 0 Å². The quantitative estimate of drug-likeness (QED) is 0.892. The van der Waals surface area contributed by atoms with Gasteiger partial charge in [-0.05, 0) is 25.0 Å². The van der Waals surface area contributed by atoms with Crippen LogP contribution in [0.3, 0.4) is 0 Å². The molecule has 1 N–H and O–H groups in total. The van der Waals surface area contributed by atoms with Gasteiger partial charge < -0.3 is 9.88 Å². The van der Waals surface area contributed by atoms with Gasteiger partial charge in [0.2, 0.25) is 0 Å². The molecule has 2 aromatic rings. The predicted molar refractivity (Wildman–Crippen MR) is 80.5 cm³/mol. The Labute approximate surface area is 115 Å². The zero-order valence-corrected chi connectivity index (χ0v) is 12.1. The molecule has 1 aliphatic heterocycles. The number of nitrogens with zero attached hydrogens (tertiary/aromatic N) is 2. The van der Waals surface area contributed by atoms with Crippen molar-refractivity contribution in [1.82, 2.24) is 14.8 Å². The number of hydrogen-bond acceptors (Lipinski definition) is 2. The fourth-order valence-electron chi connectivity index (χ4n) is 3.30. The molecule has 19 heavy (non-hydrogen) atoms. The second-order valence-electron chi connectivity index (χ2n) is 5.63. The van der Waals surface area contributed by atoms with Gasteiger partial charge in [0.25, 0.3) is 0 Å². The van der Waals surface area contributed by atoms with Gasteiger partial charge in [-0.3, -0.25) is 4.90 Å². The second-order valence-corrected chi connectivity index (χ2v) is 5.63. The molecule has 3 nitrogen and oxygen atoms in total. The van der Waals surface area contributed by atoms with Crippen LogP contribution in [0.25, 0.3) is 10.9 Å². The Kier molecular flexibility index (Phi) is 3.33. The number of aryl methyl sites for hydroxylation is 2. The number of nitrogens with one attached hydrogen (secondary N) is 1. The average molecular weight is 257 g/mol. The summed E-state index contributed by atoms with van der Waals surface area (Å²) in [6.45, 7) is 9.03. The number of fused-ring (bicyclic) bond motifs is 1. The third kappa shape index (κ3) is 2.17. The summed E-state index contributed by atoms with van der Waals surface area (Å²) in [5.74, 6) is 0. The maximum absolute atomic E-state index is 3.43. The Morgan fingerprint density at radius 2 is 1.95 bits per heavy atom. The van der Waals surface area contributed by atoms with Gasteiger partial charge in [-0.2, -0.15) is 0 Å². The van der Waals surface area contributed by atoms with E-state index in [1.165, 1.54) is 22.0 Å².